The third-order valence-corrected chi connectivity index (χ3v) is 1.48. The standard InChI is InChI=1S/C10H9NO2/c11-5-1-2-9-6-8(7-12)3-4-10(9)13/h3-4,6-7,13H,5,11H2. The summed E-state index contributed by atoms with van der Waals surface area (Å²) in [5, 5.41) is 9.30. The summed E-state index contributed by atoms with van der Waals surface area (Å²) in [5.41, 5.74) is 6.08. The Labute approximate surface area is 76.2 Å². The lowest BCUT2D eigenvalue weighted by molar-refractivity contribution is 0.112. The van der Waals surface area contributed by atoms with Gasteiger partial charge in [0.15, 0.2) is 0 Å². The van der Waals surface area contributed by atoms with E-state index in [0.717, 1.165) is 0 Å². The van der Waals surface area contributed by atoms with Crippen molar-refractivity contribution in [3.8, 4) is 17.6 Å². The van der Waals surface area contributed by atoms with Crippen LogP contribution in [0.2, 0.25) is 0 Å². The zero-order valence-corrected chi connectivity index (χ0v) is 6.95. The Bertz CT molecular complexity index is 374. The minimum absolute atomic E-state index is 0.0616. The molecule has 1 rings (SSSR count). The average Bonchev–Trinajstić information content (AvgIpc) is 2.17. The first-order valence-corrected chi connectivity index (χ1v) is 3.75. The lowest BCUT2D eigenvalue weighted by atomic mass is 10.1. The summed E-state index contributed by atoms with van der Waals surface area (Å²) in [5.74, 6) is 5.32. The van der Waals surface area contributed by atoms with Crippen LogP contribution in [-0.4, -0.2) is 17.9 Å². The zero-order valence-electron chi connectivity index (χ0n) is 6.95. The maximum Gasteiger partial charge on any atom is 0.150 e. The van der Waals surface area contributed by atoms with Gasteiger partial charge in [-0.2, -0.15) is 0 Å². The molecule has 0 saturated carbocycles. The molecule has 1 aromatic carbocycles. The van der Waals surface area contributed by atoms with E-state index in [0.29, 0.717) is 17.4 Å². The Morgan fingerprint density at radius 3 is 2.92 bits per heavy atom. The Morgan fingerprint density at radius 2 is 2.31 bits per heavy atom. The van der Waals surface area contributed by atoms with E-state index in [1.807, 2.05) is 0 Å². The fraction of sp³-hybridized carbons (Fsp3) is 0.100. The Morgan fingerprint density at radius 1 is 1.54 bits per heavy atom. The number of aromatic hydroxyl groups is 1. The fourth-order valence-corrected chi connectivity index (χ4v) is 0.873. The summed E-state index contributed by atoms with van der Waals surface area (Å²) in [6.07, 6.45) is 0.701. The molecule has 0 aliphatic heterocycles. The highest BCUT2D eigenvalue weighted by Crippen LogP contribution is 2.16. The second-order valence-electron chi connectivity index (χ2n) is 2.40. The first kappa shape index (κ1) is 9.30. The van der Waals surface area contributed by atoms with Crippen LogP contribution in [0.25, 0.3) is 0 Å². The summed E-state index contributed by atoms with van der Waals surface area (Å²) in [7, 11) is 0. The smallest absolute Gasteiger partial charge is 0.150 e. The predicted octanol–water partition coefficient (Wildman–Crippen LogP) is 0.515. The number of nitrogens with two attached hydrogens (primary N) is 1. The van der Waals surface area contributed by atoms with Crippen molar-refractivity contribution in [3.05, 3.63) is 29.3 Å². The molecule has 0 aliphatic rings. The Kier molecular flexibility index (Phi) is 3.07. The van der Waals surface area contributed by atoms with Gasteiger partial charge in [0, 0.05) is 5.56 Å². The molecule has 0 amide bonds. The number of carbonyl (C=O) groups is 1. The minimum atomic E-state index is 0.0616. The van der Waals surface area contributed by atoms with Gasteiger partial charge in [-0.25, -0.2) is 0 Å². The highest BCUT2D eigenvalue weighted by atomic mass is 16.3. The lowest BCUT2D eigenvalue weighted by Gasteiger charge is -1.96. The van der Waals surface area contributed by atoms with Crippen molar-refractivity contribution in [2.45, 2.75) is 0 Å². The Hall–Kier alpha value is -1.79. The van der Waals surface area contributed by atoms with Crippen LogP contribution >= 0.6 is 0 Å². The van der Waals surface area contributed by atoms with Crippen molar-refractivity contribution in [1.82, 2.24) is 0 Å². The van der Waals surface area contributed by atoms with E-state index >= 15 is 0 Å². The molecule has 3 nitrogen and oxygen atoms in total. The molecule has 1 aromatic rings. The zero-order chi connectivity index (χ0) is 9.68. The van der Waals surface area contributed by atoms with Crippen molar-refractivity contribution in [3.63, 3.8) is 0 Å². The van der Waals surface area contributed by atoms with Gasteiger partial charge in [-0.05, 0) is 18.2 Å². The number of hydrogen-bond acceptors (Lipinski definition) is 3. The molecule has 0 aromatic heterocycles. The third-order valence-electron chi connectivity index (χ3n) is 1.48. The minimum Gasteiger partial charge on any atom is -0.507 e. The van der Waals surface area contributed by atoms with E-state index in [1.54, 1.807) is 0 Å². The van der Waals surface area contributed by atoms with E-state index in [4.69, 9.17) is 5.73 Å². The maximum atomic E-state index is 10.4. The molecule has 13 heavy (non-hydrogen) atoms. The first-order chi connectivity index (χ1) is 6.27. The molecule has 0 spiro atoms. The number of aldehydes is 1. The molecule has 0 radical (unpaired) electrons. The number of phenols is 1. The van der Waals surface area contributed by atoms with Gasteiger partial charge in [0.05, 0.1) is 12.1 Å². The van der Waals surface area contributed by atoms with Crippen molar-refractivity contribution < 1.29 is 9.90 Å². The molecule has 3 heteroatoms. The van der Waals surface area contributed by atoms with Gasteiger partial charge in [-0.15, -0.1) is 0 Å². The third kappa shape index (κ3) is 2.32. The fourth-order valence-electron chi connectivity index (χ4n) is 0.873. The van der Waals surface area contributed by atoms with E-state index in [9.17, 15) is 9.90 Å². The van der Waals surface area contributed by atoms with Crippen LogP contribution in [0.5, 0.6) is 5.75 Å². The molecule has 0 atom stereocenters. The molecule has 0 aliphatic carbocycles. The van der Waals surface area contributed by atoms with Crippen LogP contribution < -0.4 is 5.73 Å². The average molecular weight is 175 g/mol. The predicted molar refractivity (Wildman–Crippen MR) is 49.4 cm³/mol. The molecule has 66 valence electrons. The van der Waals surface area contributed by atoms with Crippen LogP contribution in [0.4, 0.5) is 0 Å². The van der Waals surface area contributed by atoms with Crippen molar-refractivity contribution >= 4 is 6.29 Å². The molecule has 0 saturated heterocycles. The second-order valence-corrected chi connectivity index (χ2v) is 2.40. The summed E-state index contributed by atoms with van der Waals surface area (Å²) in [6.45, 7) is 0.227. The van der Waals surface area contributed by atoms with Gasteiger partial charge in [0.2, 0.25) is 0 Å². The molecule has 0 heterocycles. The number of benzene rings is 1. The van der Waals surface area contributed by atoms with Crippen LogP contribution in [0, 0.1) is 11.8 Å². The lowest BCUT2D eigenvalue weighted by Crippen LogP contribution is -1.93. The topological polar surface area (TPSA) is 63.3 Å². The highest BCUT2D eigenvalue weighted by Gasteiger charge is 1.98. The SMILES string of the molecule is NCC#Cc1cc(C=O)ccc1O. The van der Waals surface area contributed by atoms with E-state index < -0.39 is 0 Å². The number of carbonyl (C=O) groups excluding carboxylic acids is 1. The molecule has 0 fully saturated rings. The second kappa shape index (κ2) is 4.29. The molecule has 0 unspecified atom stereocenters. The van der Waals surface area contributed by atoms with Crippen molar-refractivity contribution in [2.24, 2.45) is 5.73 Å². The van der Waals surface area contributed by atoms with Gasteiger partial charge >= 0.3 is 0 Å². The Balaban J connectivity index is 3.11. The number of rotatable bonds is 1. The van der Waals surface area contributed by atoms with Crippen LogP contribution in [0.3, 0.4) is 0 Å². The normalized spacial score (nSPS) is 8.69. The summed E-state index contributed by atoms with van der Waals surface area (Å²) >= 11 is 0. The van der Waals surface area contributed by atoms with Gasteiger partial charge in [0.25, 0.3) is 0 Å². The van der Waals surface area contributed by atoms with Crippen LogP contribution in [0.1, 0.15) is 15.9 Å². The van der Waals surface area contributed by atoms with E-state index in [1.165, 1.54) is 18.2 Å². The molecular weight excluding hydrogens is 166 g/mol. The van der Waals surface area contributed by atoms with Crippen molar-refractivity contribution in [2.75, 3.05) is 6.54 Å². The van der Waals surface area contributed by atoms with Crippen LogP contribution in [-0.2, 0) is 0 Å². The number of hydrogen-bond donors (Lipinski definition) is 2. The highest BCUT2D eigenvalue weighted by molar-refractivity contribution is 5.76. The van der Waals surface area contributed by atoms with Crippen molar-refractivity contribution in [1.29, 1.82) is 0 Å². The van der Waals surface area contributed by atoms with E-state index in [2.05, 4.69) is 11.8 Å². The quantitative estimate of drug-likeness (QED) is 0.483. The van der Waals surface area contributed by atoms with Gasteiger partial charge in [-0.3, -0.25) is 4.79 Å². The van der Waals surface area contributed by atoms with Gasteiger partial charge in [0.1, 0.15) is 12.0 Å². The molecule has 3 N–H and O–H groups in total. The largest absolute Gasteiger partial charge is 0.507 e. The van der Waals surface area contributed by atoms with Crippen LogP contribution in [0.15, 0.2) is 18.2 Å². The molecular formula is C10H9NO2. The molecule has 0 bridgehead atoms. The number of phenolic OH excluding ortho intramolecular Hbond substituents is 1. The van der Waals surface area contributed by atoms with Gasteiger partial charge < -0.3 is 10.8 Å². The first-order valence-electron chi connectivity index (χ1n) is 3.75. The monoisotopic (exact) mass is 175 g/mol. The van der Waals surface area contributed by atoms with Gasteiger partial charge in [-0.1, -0.05) is 11.8 Å². The summed E-state index contributed by atoms with van der Waals surface area (Å²) < 4.78 is 0. The van der Waals surface area contributed by atoms with E-state index in [-0.39, 0.29) is 12.3 Å². The summed E-state index contributed by atoms with van der Waals surface area (Å²) in [4.78, 5) is 10.4. The maximum absolute atomic E-state index is 10.4. The summed E-state index contributed by atoms with van der Waals surface area (Å²) in [6, 6.07) is 4.48.